The van der Waals surface area contributed by atoms with Crippen LogP contribution >= 0.6 is 11.6 Å². The number of hydrogen-bond acceptors (Lipinski definition) is 5. The van der Waals surface area contributed by atoms with E-state index in [4.69, 9.17) is 16.3 Å². The van der Waals surface area contributed by atoms with Crippen molar-refractivity contribution in [1.29, 1.82) is 0 Å². The van der Waals surface area contributed by atoms with Gasteiger partial charge in [-0.1, -0.05) is 41.9 Å². The Balaban J connectivity index is 1.84. The summed E-state index contributed by atoms with van der Waals surface area (Å²) in [7, 11) is 1.61. The van der Waals surface area contributed by atoms with Crippen molar-refractivity contribution in [2.75, 3.05) is 23.9 Å². The van der Waals surface area contributed by atoms with Gasteiger partial charge in [-0.2, -0.15) is 4.98 Å². The maximum absolute atomic E-state index is 6.18. The molecule has 0 atom stereocenters. The van der Waals surface area contributed by atoms with Gasteiger partial charge in [-0.05, 0) is 37.1 Å². The summed E-state index contributed by atoms with van der Waals surface area (Å²) in [6, 6.07) is 16.0. The summed E-state index contributed by atoms with van der Waals surface area (Å²) in [6.07, 6.45) is 1.76. The zero-order valence-electron chi connectivity index (χ0n) is 15.7. The first-order valence-corrected chi connectivity index (χ1v) is 9.21. The molecule has 0 saturated carbocycles. The van der Waals surface area contributed by atoms with Crippen molar-refractivity contribution in [3.8, 4) is 5.75 Å². The number of ether oxygens (including phenoxy) is 1. The number of benzene rings is 2. The summed E-state index contributed by atoms with van der Waals surface area (Å²) in [6.45, 7) is 5.69. The van der Waals surface area contributed by atoms with Crippen molar-refractivity contribution < 1.29 is 4.74 Å². The molecule has 6 heteroatoms. The molecule has 1 aromatic heterocycles. The molecule has 3 aromatic rings. The predicted octanol–water partition coefficient (Wildman–Crippen LogP) is 5.22. The lowest BCUT2D eigenvalue weighted by Gasteiger charge is -2.22. The van der Waals surface area contributed by atoms with Crippen molar-refractivity contribution >= 4 is 29.1 Å². The molecule has 0 aliphatic carbocycles. The molecule has 0 aliphatic heterocycles. The second-order valence-electron chi connectivity index (χ2n) is 6.16. The van der Waals surface area contributed by atoms with Crippen LogP contribution in [0.25, 0.3) is 0 Å². The highest BCUT2D eigenvalue weighted by atomic mass is 35.5. The highest BCUT2D eigenvalue weighted by Crippen LogP contribution is 2.32. The molecule has 3 rings (SSSR count). The second-order valence-corrected chi connectivity index (χ2v) is 6.57. The van der Waals surface area contributed by atoms with Gasteiger partial charge in [0.1, 0.15) is 11.6 Å². The van der Waals surface area contributed by atoms with Gasteiger partial charge in [-0.15, -0.1) is 0 Å². The van der Waals surface area contributed by atoms with Crippen LogP contribution in [0.4, 0.5) is 17.5 Å². The van der Waals surface area contributed by atoms with Crippen LogP contribution < -0.4 is 15.0 Å². The number of methoxy groups -OCH3 is 1. The van der Waals surface area contributed by atoms with Gasteiger partial charge in [0.15, 0.2) is 0 Å². The Labute approximate surface area is 165 Å². The third-order valence-corrected chi connectivity index (χ3v) is 4.70. The third-order valence-electron chi connectivity index (χ3n) is 4.29. The lowest BCUT2D eigenvalue weighted by atomic mass is 10.2. The summed E-state index contributed by atoms with van der Waals surface area (Å²) in [4.78, 5) is 11.2. The van der Waals surface area contributed by atoms with E-state index in [1.165, 1.54) is 5.56 Å². The van der Waals surface area contributed by atoms with Crippen molar-refractivity contribution in [1.82, 2.24) is 9.97 Å². The summed E-state index contributed by atoms with van der Waals surface area (Å²) in [5, 5.41) is 3.90. The number of rotatable bonds is 7. The molecule has 0 unspecified atom stereocenters. The van der Waals surface area contributed by atoms with E-state index in [-0.39, 0.29) is 0 Å². The van der Waals surface area contributed by atoms with Gasteiger partial charge in [-0.25, -0.2) is 4.98 Å². The fourth-order valence-electron chi connectivity index (χ4n) is 2.79. The number of aromatic nitrogens is 2. The van der Waals surface area contributed by atoms with Crippen molar-refractivity contribution in [3.05, 3.63) is 70.9 Å². The minimum atomic E-state index is 0.513. The molecule has 0 amide bonds. The van der Waals surface area contributed by atoms with Gasteiger partial charge in [0.2, 0.25) is 5.95 Å². The molecule has 0 spiro atoms. The molecule has 2 aromatic carbocycles. The first kappa shape index (κ1) is 19.0. The smallest absolute Gasteiger partial charge is 0.229 e. The summed E-state index contributed by atoms with van der Waals surface area (Å²) < 4.78 is 5.42. The minimum absolute atomic E-state index is 0.513. The summed E-state index contributed by atoms with van der Waals surface area (Å²) in [5.41, 5.74) is 2.97. The monoisotopic (exact) mass is 382 g/mol. The average Bonchev–Trinajstić information content (AvgIpc) is 2.69. The molecule has 1 heterocycles. The van der Waals surface area contributed by atoms with Gasteiger partial charge in [0.05, 0.1) is 12.8 Å². The number of nitrogens with zero attached hydrogens (tertiary/aromatic N) is 3. The number of nitrogens with one attached hydrogen (secondary N) is 1. The fraction of sp³-hybridized carbons (Fsp3) is 0.238. The maximum atomic E-state index is 6.18. The second kappa shape index (κ2) is 8.73. The lowest BCUT2D eigenvalue weighted by Crippen LogP contribution is -2.23. The van der Waals surface area contributed by atoms with Gasteiger partial charge in [0.25, 0.3) is 0 Å². The molecule has 0 radical (unpaired) electrons. The minimum Gasteiger partial charge on any atom is -0.495 e. The van der Waals surface area contributed by atoms with E-state index < -0.39 is 0 Å². The van der Waals surface area contributed by atoms with E-state index in [1.54, 1.807) is 19.4 Å². The zero-order valence-corrected chi connectivity index (χ0v) is 16.5. The number of halogens is 1. The van der Waals surface area contributed by atoms with Crippen molar-refractivity contribution in [2.45, 2.75) is 20.4 Å². The Morgan fingerprint density at radius 2 is 1.93 bits per heavy atom. The fourth-order valence-corrected chi connectivity index (χ4v) is 2.95. The summed E-state index contributed by atoms with van der Waals surface area (Å²) >= 11 is 6.18. The summed E-state index contributed by atoms with van der Waals surface area (Å²) in [5.74, 6) is 2.03. The number of anilines is 3. The number of hydrogen-bond donors (Lipinski definition) is 1. The van der Waals surface area contributed by atoms with E-state index in [1.807, 2.05) is 37.3 Å². The zero-order chi connectivity index (χ0) is 19.2. The van der Waals surface area contributed by atoms with Crippen LogP contribution in [0.5, 0.6) is 5.75 Å². The van der Waals surface area contributed by atoms with Gasteiger partial charge < -0.3 is 15.0 Å². The van der Waals surface area contributed by atoms with Gasteiger partial charge in [-0.3, -0.25) is 0 Å². The molecule has 27 heavy (non-hydrogen) atoms. The Kier molecular flexibility index (Phi) is 6.14. The normalized spacial score (nSPS) is 10.5. The predicted molar refractivity (Wildman–Crippen MR) is 111 cm³/mol. The quantitative estimate of drug-likeness (QED) is 0.607. The standard InChI is InChI=1S/C21H23ClN4O/c1-4-26(14-16-8-6-5-7-9-16)20-10-11-23-21(25-20)24-18-12-15(2)17(22)13-19(18)27-3/h5-13H,4,14H2,1-3H3,(H,23,24,25). The highest BCUT2D eigenvalue weighted by Gasteiger charge is 2.11. The Hall–Kier alpha value is -2.79. The van der Waals surface area contributed by atoms with Gasteiger partial charge in [0, 0.05) is 30.4 Å². The van der Waals surface area contributed by atoms with Crippen LogP contribution in [0.2, 0.25) is 5.02 Å². The Bertz CT molecular complexity index is 902. The van der Waals surface area contributed by atoms with Gasteiger partial charge >= 0.3 is 0 Å². The van der Waals surface area contributed by atoms with Crippen molar-refractivity contribution in [3.63, 3.8) is 0 Å². The van der Waals surface area contributed by atoms with Crippen LogP contribution in [0.15, 0.2) is 54.7 Å². The Morgan fingerprint density at radius 3 is 2.63 bits per heavy atom. The first-order chi connectivity index (χ1) is 13.1. The van der Waals surface area contributed by atoms with E-state index in [0.717, 1.165) is 30.2 Å². The SMILES string of the molecule is CCN(Cc1ccccc1)c1ccnc(Nc2cc(C)c(Cl)cc2OC)n1. The van der Waals surface area contributed by atoms with Crippen LogP contribution in [-0.4, -0.2) is 23.6 Å². The molecular weight excluding hydrogens is 360 g/mol. The molecule has 0 saturated heterocycles. The van der Waals surface area contributed by atoms with Crippen LogP contribution in [0.1, 0.15) is 18.1 Å². The number of aryl methyl sites for hydroxylation is 1. The topological polar surface area (TPSA) is 50.3 Å². The first-order valence-electron chi connectivity index (χ1n) is 8.83. The molecule has 140 valence electrons. The van der Waals surface area contributed by atoms with E-state index in [9.17, 15) is 0 Å². The average molecular weight is 383 g/mol. The van der Waals surface area contributed by atoms with Crippen LogP contribution in [-0.2, 0) is 6.54 Å². The largest absolute Gasteiger partial charge is 0.495 e. The molecule has 0 aliphatic rings. The maximum Gasteiger partial charge on any atom is 0.229 e. The van der Waals surface area contributed by atoms with E-state index in [2.05, 4.69) is 39.2 Å². The Morgan fingerprint density at radius 1 is 1.15 bits per heavy atom. The van der Waals surface area contributed by atoms with E-state index >= 15 is 0 Å². The molecule has 0 bridgehead atoms. The van der Waals surface area contributed by atoms with Crippen LogP contribution in [0, 0.1) is 6.92 Å². The van der Waals surface area contributed by atoms with Crippen molar-refractivity contribution in [2.24, 2.45) is 0 Å². The lowest BCUT2D eigenvalue weighted by molar-refractivity contribution is 0.416. The highest BCUT2D eigenvalue weighted by molar-refractivity contribution is 6.31. The molecule has 5 nitrogen and oxygen atoms in total. The van der Waals surface area contributed by atoms with Crippen LogP contribution in [0.3, 0.4) is 0 Å². The van der Waals surface area contributed by atoms with E-state index in [0.29, 0.717) is 16.7 Å². The third kappa shape index (κ3) is 4.68. The molecule has 1 N–H and O–H groups in total. The molecular formula is C21H23ClN4O. The molecule has 0 fully saturated rings.